The molecule has 3 rings (SSSR count). The van der Waals surface area contributed by atoms with Crippen LogP contribution in [0, 0.1) is 10.6 Å². The largest absolute Gasteiger partial charge is 0.379 e. The van der Waals surface area contributed by atoms with E-state index in [-0.39, 0.29) is 5.82 Å². The van der Waals surface area contributed by atoms with Crippen LogP contribution in [-0.2, 0) is 11.3 Å². The predicted octanol–water partition coefficient (Wildman–Crippen LogP) is 3.32. The van der Waals surface area contributed by atoms with Gasteiger partial charge in [0.25, 0.3) is 0 Å². The van der Waals surface area contributed by atoms with Crippen LogP contribution in [0.4, 0.5) is 4.39 Å². The third-order valence-corrected chi connectivity index (χ3v) is 4.71. The number of nitrogens with zero attached hydrogens (tertiary/aromatic N) is 2. The first-order chi connectivity index (χ1) is 10.1. The molecule has 0 unspecified atom stereocenters. The van der Waals surface area contributed by atoms with Crippen LogP contribution in [0.5, 0.6) is 0 Å². The SMILES string of the molecule is Fc1cc2[nH]c(=S)n(CCCN3CCOCC3)c2cc1Br. The second-order valence-corrected chi connectivity index (χ2v) is 6.41. The maximum atomic E-state index is 13.6. The molecular formula is C14H17BrFN3OS. The van der Waals surface area contributed by atoms with Crippen molar-refractivity contribution in [2.75, 3.05) is 32.8 Å². The number of rotatable bonds is 4. The Morgan fingerprint density at radius 2 is 2.05 bits per heavy atom. The van der Waals surface area contributed by atoms with E-state index in [2.05, 4.69) is 25.8 Å². The van der Waals surface area contributed by atoms with Crippen molar-refractivity contribution in [1.29, 1.82) is 0 Å². The summed E-state index contributed by atoms with van der Waals surface area (Å²) >= 11 is 8.58. The van der Waals surface area contributed by atoms with Crippen LogP contribution in [0.1, 0.15) is 6.42 Å². The number of morpholine rings is 1. The van der Waals surface area contributed by atoms with E-state index in [1.165, 1.54) is 6.07 Å². The molecule has 1 N–H and O–H groups in total. The number of benzene rings is 1. The Hall–Kier alpha value is -0.760. The normalized spacial score (nSPS) is 16.7. The van der Waals surface area contributed by atoms with Gasteiger partial charge in [-0.05, 0) is 40.6 Å². The van der Waals surface area contributed by atoms with Gasteiger partial charge in [0.15, 0.2) is 4.77 Å². The summed E-state index contributed by atoms with van der Waals surface area (Å²) in [6, 6.07) is 3.26. The molecule has 1 aromatic heterocycles. The molecule has 0 bridgehead atoms. The first kappa shape index (κ1) is 15.1. The van der Waals surface area contributed by atoms with Crippen molar-refractivity contribution in [2.24, 2.45) is 0 Å². The smallest absolute Gasteiger partial charge is 0.178 e. The molecule has 1 aliphatic heterocycles. The number of aryl methyl sites for hydroxylation is 1. The molecule has 114 valence electrons. The van der Waals surface area contributed by atoms with Crippen molar-refractivity contribution >= 4 is 39.2 Å². The highest BCUT2D eigenvalue weighted by molar-refractivity contribution is 9.10. The summed E-state index contributed by atoms with van der Waals surface area (Å²) in [6.45, 7) is 5.48. The number of H-pyrrole nitrogens is 1. The minimum absolute atomic E-state index is 0.279. The lowest BCUT2D eigenvalue weighted by atomic mass is 10.3. The fraction of sp³-hybridized carbons (Fsp3) is 0.500. The molecule has 1 saturated heterocycles. The van der Waals surface area contributed by atoms with Crippen LogP contribution in [0.3, 0.4) is 0 Å². The molecule has 0 amide bonds. The molecule has 21 heavy (non-hydrogen) atoms. The van der Waals surface area contributed by atoms with Gasteiger partial charge >= 0.3 is 0 Å². The van der Waals surface area contributed by atoms with Crippen molar-refractivity contribution in [1.82, 2.24) is 14.5 Å². The highest BCUT2D eigenvalue weighted by atomic mass is 79.9. The minimum atomic E-state index is -0.279. The van der Waals surface area contributed by atoms with Crippen molar-refractivity contribution in [2.45, 2.75) is 13.0 Å². The second-order valence-electron chi connectivity index (χ2n) is 5.17. The molecule has 4 nitrogen and oxygen atoms in total. The van der Waals surface area contributed by atoms with E-state index in [1.807, 2.05) is 4.57 Å². The maximum Gasteiger partial charge on any atom is 0.178 e. The summed E-state index contributed by atoms with van der Waals surface area (Å²) in [5.41, 5.74) is 1.68. The molecule has 1 fully saturated rings. The first-order valence-corrected chi connectivity index (χ1v) is 8.23. The zero-order valence-electron chi connectivity index (χ0n) is 11.6. The van der Waals surface area contributed by atoms with E-state index in [4.69, 9.17) is 17.0 Å². The summed E-state index contributed by atoms with van der Waals surface area (Å²) in [6.07, 6.45) is 1.01. The monoisotopic (exact) mass is 373 g/mol. The quantitative estimate of drug-likeness (QED) is 0.834. The summed E-state index contributed by atoms with van der Waals surface area (Å²) < 4.78 is 22.0. The number of halogens is 2. The highest BCUT2D eigenvalue weighted by Crippen LogP contribution is 2.23. The van der Waals surface area contributed by atoms with Gasteiger partial charge in [0.1, 0.15) is 5.82 Å². The molecule has 2 aromatic rings. The second kappa shape index (κ2) is 6.56. The van der Waals surface area contributed by atoms with E-state index in [0.717, 1.165) is 56.8 Å². The van der Waals surface area contributed by atoms with Gasteiger partial charge in [-0.3, -0.25) is 4.90 Å². The van der Waals surface area contributed by atoms with E-state index >= 15 is 0 Å². The molecule has 7 heteroatoms. The standard InChI is InChI=1S/C14H17BrFN3OS/c15-10-8-13-12(9-11(10)16)17-14(21)19(13)3-1-2-18-4-6-20-7-5-18/h8-9H,1-7H2,(H,17,21). The van der Waals surface area contributed by atoms with Gasteiger partial charge < -0.3 is 14.3 Å². The van der Waals surface area contributed by atoms with E-state index < -0.39 is 0 Å². The number of aromatic amines is 1. The van der Waals surface area contributed by atoms with Gasteiger partial charge in [-0.25, -0.2) is 4.39 Å². The molecule has 1 aliphatic rings. The van der Waals surface area contributed by atoms with Gasteiger partial charge in [-0.15, -0.1) is 0 Å². The van der Waals surface area contributed by atoms with Gasteiger partial charge in [-0.1, -0.05) is 0 Å². The van der Waals surface area contributed by atoms with Crippen molar-refractivity contribution in [3.8, 4) is 0 Å². The minimum Gasteiger partial charge on any atom is -0.379 e. The number of nitrogens with one attached hydrogen (secondary N) is 1. The lowest BCUT2D eigenvalue weighted by molar-refractivity contribution is 0.0369. The Morgan fingerprint density at radius 1 is 1.29 bits per heavy atom. The molecule has 0 aliphatic carbocycles. The Balaban J connectivity index is 1.72. The van der Waals surface area contributed by atoms with E-state index in [9.17, 15) is 4.39 Å². The third kappa shape index (κ3) is 3.36. The van der Waals surface area contributed by atoms with Crippen LogP contribution >= 0.6 is 28.1 Å². The zero-order valence-corrected chi connectivity index (χ0v) is 14.0. The average molecular weight is 374 g/mol. The van der Waals surface area contributed by atoms with Crippen LogP contribution < -0.4 is 0 Å². The van der Waals surface area contributed by atoms with Gasteiger partial charge in [-0.2, -0.15) is 0 Å². The number of fused-ring (bicyclic) bond motifs is 1. The molecule has 0 radical (unpaired) electrons. The van der Waals surface area contributed by atoms with E-state index in [0.29, 0.717) is 9.24 Å². The summed E-state index contributed by atoms with van der Waals surface area (Å²) in [5, 5.41) is 0. The number of aromatic nitrogens is 2. The lowest BCUT2D eigenvalue weighted by Crippen LogP contribution is -2.37. The summed E-state index contributed by atoms with van der Waals surface area (Å²) in [4.78, 5) is 5.47. The molecule has 1 aromatic carbocycles. The first-order valence-electron chi connectivity index (χ1n) is 7.03. The number of ether oxygens (including phenoxy) is 1. The summed E-state index contributed by atoms with van der Waals surface area (Å²) in [7, 11) is 0. The van der Waals surface area contributed by atoms with Gasteiger partial charge in [0.05, 0.1) is 28.7 Å². The van der Waals surface area contributed by atoms with Crippen molar-refractivity contribution < 1.29 is 9.13 Å². The van der Waals surface area contributed by atoms with Crippen LogP contribution in [0.2, 0.25) is 0 Å². The molecule has 0 saturated carbocycles. The van der Waals surface area contributed by atoms with Gasteiger partial charge in [0.2, 0.25) is 0 Å². The fourth-order valence-electron chi connectivity index (χ4n) is 2.65. The Bertz CT molecular complexity index is 693. The Labute approximate surface area is 136 Å². The Kier molecular flexibility index (Phi) is 4.73. The maximum absolute atomic E-state index is 13.6. The lowest BCUT2D eigenvalue weighted by Gasteiger charge is -2.26. The number of hydrogen-bond acceptors (Lipinski definition) is 3. The zero-order chi connectivity index (χ0) is 14.8. The van der Waals surface area contributed by atoms with Crippen molar-refractivity contribution in [3.63, 3.8) is 0 Å². The third-order valence-electron chi connectivity index (χ3n) is 3.78. The number of imidazole rings is 1. The summed E-state index contributed by atoms with van der Waals surface area (Å²) in [5.74, 6) is -0.279. The van der Waals surface area contributed by atoms with E-state index in [1.54, 1.807) is 6.07 Å². The van der Waals surface area contributed by atoms with Crippen LogP contribution in [0.15, 0.2) is 16.6 Å². The average Bonchev–Trinajstić information content (AvgIpc) is 2.76. The highest BCUT2D eigenvalue weighted by Gasteiger charge is 2.11. The van der Waals surface area contributed by atoms with Crippen LogP contribution in [0.25, 0.3) is 11.0 Å². The number of hydrogen-bond donors (Lipinski definition) is 1. The molecule has 0 spiro atoms. The van der Waals surface area contributed by atoms with Gasteiger partial charge in [0, 0.05) is 32.2 Å². The molecular weight excluding hydrogens is 357 g/mol. The topological polar surface area (TPSA) is 33.2 Å². The predicted molar refractivity (Wildman–Crippen MR) is 86.7 cm³/mol. The van der Waals surface area contributed by atoms with Crippen LogP contribution in [-0.4, -0.2) is 47.3 Å². The molecule has 2 heterocycles. The fourth-order valence-corrected chi connectivity index (χ4v) is 3.28. The Morgan fingerprint density at radius 3 is 2.81 bits per heavy atom. The molecule has 0 atom stereocenters. The van der Waals surface area contributed by atoms with Crippen molar-refractivity contribution in [3.05, 3.63) is 27.2 Å².